The second-order valence-electron chi connectivity index (χ2n) is 8.82. The summed E-state index contributed by atoms with van der Waals surface area (Å²) in [6, 6.07) is 15.6. The molecule has 1 amide bonds. The Labute approximate surface area is 202 Å². The van der Waals surface area contributed by atoms with Crippen LogP contribution in [0.2, 0.25) is 0 Å². The highest BCUT2D eigenvalue weighted by Gasteiger charge is 2.16. The molecule has 180 valence electrons. The van der Waals surface area contributed by atoms with E-state index in [2.05, 4.69) is 36.0 Å². The number of carbonyl (C=O) groups excluding carboxylic acids is 1. The molecule has 3 aromatic rings. The highest BCUT2D eigenvalue weighted by molar-refractivity contribution is 7.92. The zero-order valence-electron chi connectivity index (χ0n) is 20.5. The maximum atomic E-state index is 12.7. The van der Waals surface area contributed by atoms with Crippen molar-refractivity contribution in [2.24, 2.45) is 0 Å². The Morgan fingerprint density at radius 1 is 0.853 bits per heavy atom. The lowest BCUT2D eigenvalue weighted by Gasteiger charge is -2.18. The van der Waals surface area contributed by atoms with E-state index in [0.29, 0.717) is 11.4 Å². The SMILES string of the molecule is Cc1cc(C)cc(NS(=O)(=O)c2ccc(OCC(=O)N[C@H](C)c3cc(C)c(C)cc3C)cc2)c1. The second kappa shape index (κ2) is 10.3. The van der Waals surface area contributed by atoms with Crippen LogP contribution in [0.15, 0.2) is 59.5 Å². The molecule has 7 heteroatoms. The number of amides is 1. The predicted octanol–water partition coefficient (Wildman–Crippen LogP) is 5.29. The highest BCUT2D eigenvalue weighted by Crippen LogP contribution is 2.23. The Hall–Kier alpha value is -3.32. The van der Waals surface area contributed by atoms with Crippen LogP contribution in [-0.4, -0.2) is 20.9 Å². The van der Waals surface area contributed by atoms with E-state index in [1.165, 1.54) is 23.3 Å². The minimum absolute atomic E-state index is 0.113. The largest absolute Gasteiger partial charge is 0.484 e. The van der Waals surface area contributed by atoms with Crippen molar-refractivity contribution in [2.45, 2.75) is 52.5 Å². The molecule has 0 aliphatic carbocycles. The van der Waals surface area contributed by atoms with Gasteiger partial charge in [-0.2, -0.15) is 0 Å². The Morgan fingerprint density at radius 3 is 2.06 bits per heavy atom. The van der Waals surface area contributed by atoms with Gasteiger partial charge < -0.3 is 10.1 Å². The summed E-state index contributed by atoms with van der Waals surface area (Å²) in [5, 5.41) is 2.96. The molecule has 6 nitrogen and oxygen atoms in total. The molecule has 34 heavy (non-hydrogen) atoms. The van der Waals surface area contributed by atoms with Crippen molar-refractivity contribution >= 4 is 21.6 Å². The van der Waals surface area contributed by atoms with Gasteiger partial charge in [0.15, 0.2) is 6.61 Å². The molecule has 1 atom stereocenters. The van der Waals surface area contributed by atoms with Gasteiger partial charge in [0.25, 0.3) is 15.9 Å². The van der Waals surface area contributed by atoms with Gasteiger partial charge in [-0.3, -0.25) is 9.52 Å². The summed E-state index contributed by atoms with van der Waals surface area (Å²) in [6.45, 7) is 11.8. The van der Waals surface area contributed by atoms with Crippen molar-refractivity contribution < 1.29 is 17.9 Å². The summed E-state index contributed by atoms with van der Waals surface area (Å²) in [5.74, 6) is 0.161. The van der Waals surface area contributed by atoms with Gasteiger partial charge in [-0.05, 0) is 111 Å². The van der Waals surface area contributed by atoms with E-state index < -0.39 is 10.0 Å². The van der Waals surface area contributed by atoms with Gasteiger partial charge in [0.2, 0.25) is 0 Å². The zero-order valence-corrected chi connectivity index (χ0v) is 21.3. The molecular formula is C27H32N2O4S. The smallest absolute Gasteiger partial charge is 0.261 e. The summed E-state index contributed by atoms with van der Waals surface area (Å²) >= 11 is 0. The van der Waals surface area contributed by atoms with E-state index >= 15 is 0 Å². The number of hydrogen-bond donors (Lipinski definition) is 2. The molecule has 0 aliphatic rings. The second-order valence-corrected chi connectivity index (χ2v) is 10.5. The van der Waals surface area contributed by atoms with Crippen molar-refractivity contribution in [3.63, 3.8) is 0 Å². The van der Waals surface area contributed by atoms with E-state index in [0.717, 1.165) is 22.3 Å². The molecule has 0 heterocycles. The van der Waals surface area contributed by atoms with Crippen LogP contribution >= 0.6 is 0 Å². The van der Waals surface area contributed by atoms with E-state index in [1.54, 1.807) is 24.3 Å². The van der Waals surface area contributed by atoms with Gasteiger partial charge in [0, 0.05) is 5.69 Å². The van der Waals surface area contributed by atoms with Gasteiger partial charge in [-0.1, -0.05) is 18.2 Å². The summed E-state index contributed by atoms with van der Waals surface area (Å²) < 4.78 is 33.6. The molecule has 2 N–H and O–H groups in total. The van der Waals surface area contributed by atoms with Gasteiger partial charge in [0.05, 0.1) is 10.9 Å². The van der Waals surface area contributed by atoms with Gasteiger partial charge in [0.1, 0.15) is 5.75 Å². The average molecular weight is 481 g/mol. The fourth-order valence-electron chi connectivity index (χ4n) is 3.92. The first-order chi connectivity index (χ1) is 15.9. The molecule has 3 aromatic carbocycles. The van der Waals surface area contributed by atoms with Crippen LogP contribution in [0.1, 0.15) is 46.3 Å². The molecule has 0 saturated carbocycles. The third-order valence-electron chi connectivity index (χ3n) is 5.70. The molecule has 3 rings (SSSR count). The Bertz CT molecular complexity index is 1280. The van der Waals surface area contributed by atoms with Crippen LogP contribution in [0.4, 0.5) is 5.69 Å². The zero-order chi connectivity index (χ0) is 25.0. The summed E-state index contributed by atoms with van der Waals surface area (Å²) in [7, 11) is -3.74. The Kier molecular flexibility index (Phi) is 7.67. The van der Waals surface area contributed by atoms with Crippen LogP contribution in [0.5, 0.6) is 5.75 Å². The normalized spacial score (nSPS) is 12.2. The van der Waals surface area contributed by atoms with Crippen molar-refractivity contribution in [1.82, 2.24) is 5.32 Å². The van der Waals surface area contributed by atoms with Crippen LogP contribution in [-0.2, 0) is 14.8 Å². The van der Waals surface area contributed by atoms with Gasteiger partial charge in [-0.15, -0.1) is 0 Å². The topological polar surface area (TPSA) is 84.5 Å². The van der Waals surface area contributed by atoms with Crippen molar-refractivity contribution in [3.05, 3.63) is 88.0 Å². The monoisotopic (exact) mass is 480 g/mol. The van der Waals surface area contributed by atoms with Gasteiger partial charge in [-0.25, -0.2) is 8.42 Å². The number of ether oxygens (including phenoxy) is 1. The van der Waals surface area contributed by atoms with Crippen LogP contribution in [0.25, 0.3) is 0 Å². The fourth-order valence-corrected chi connectivity index (χ4v) is 4.96. The van der Waals surface area contributed by atoms with Gasteiger partial charge >= 0.3 is 0 Å². The first-order valence-corrected chi connectivity index (χ1v) is 12.6. The molecular weight excluding hydrogens is 448 g/mol. The van der Waals surface area contributed by atoms with Crippen molar-refractivity contribution in [2.75, 3.05) is 11.3 Å². The molecule has 0 aromatic heterocycles. The maximum absolute atomic E-state index is 12.7. The van der Waals surface area contributed by atoms with Crippen LogP contribution in [0, 0.1) is 34.6 Å². The first kappa shape index (κ1) is 25.3. The number of aryl methyl sites for hydroxylation is 5. The summed E-state index contributed by atoms with van der Waals surface area (Å²) in [6.07, 6.45) is 0. The summed E-state index contributed by atoms with van der Waals surface area (Å²) in [4.78, 5) is 12.5. The fraction of sp³-hybridized carbons (Fsp3) is 0.296. The predicted molar refractivity (Wildman–Crippen MR) is 136 cm³/mol. The maximum Gasteiger partial charge on any atom is 0.261 e. The quantitative estimate of drug-likeness (QED) is 0.459. The minimum Gasteiger partial charge on any atom is -0.484 e. The standard InChI is InChI=1S/C27H32N2O4S/c1-17-11-18(2)13-23(12-17)29-34(31,32)25-9-7-24(8-10-25)33-16-27(30)28-22(6)26-15-20(4)19(3)14-21(26)5/h7-15,22,29H,16H2,1-6H3,(H,28,30)/t22-/m1/s1. The van der Waals surface area contributed by atoms with E-state index in [1.807, 2.05) is 33.8 Å². The molecule has 0 radical (unpaired) electrons. The van der Waals surface area contributed by atoms with E-state index in [9.17, 15) is 13.2 Å². The van der Waals surface area contributed by atoms with E-state index in [-0.39, 0.29) is 23.5 Å². The minimum atomic E-state index is -3.74. The molecule has 0 fully saturated rings. The lowest BCUT2D eigenvalue weighted by molar-refractivity contribution is -0.123. The number of sulfonamides is 1. The number of hydrogen-bond acceptors (Lipinski definition) is 4. The number of carbonyl (C=O) groups is 1. The molecule has 0 aliphatic heterocycles. The van der Waals surface area contributed by atoms with Crippen molar-refractivity contribution in [1.29, 1.82) is 0 Å². The third-order valence-corrected chi connectivity index (χ3v) is 7.10. The molecule has 0 spiro atoms. The number of anilines is 1. The van der Waals surface area contributed by atoms with Crippen LogP contribution in [0.3, 0.4) is 0 Å². The Morgan fingerprint density at radius 2 is 1.44 bits per heavy atom. The average Bonchev–Trinajstić information content (AvgIpc) is 2.74. The molecule has 0 bridgehead atoms. The molecule has 0 saturated heterocycles. The van der Waals surface area contributed by atoms with Crippen LogP contribution < -0.4 is 14.8 Å². The van der Waals surface area contributed by atoms with E-state index in [4.69, 9.17) is 4.74 Å². The first-order valence-electron chi connectivity index (χ1n) is 11.2. The lowest BCUT2D eigenvalue weighted by atomic mass is 9.96. The number of benzene rings is 3. The number of nitrogens with one attached hydrogen (secondary N) is 2. The summed E-state index contributed by atoms with van der Waals surface area (Å²) in [5.41, 5.74) is 7.06. The number of rotatable bonds is 8. The molecule has 0 unspecified atom stereocenters. The van der Waals surface area contributed by atoms with Crippen molar-refractivity contribution in [3.8, 4) is 5.75 Å². The third kappa shape index (κ3) is 6.38. The Balaban J connectivity index is 1.59. The lowest BCUT2D eigenvalue weighted by Crippen LogP contribution is -2.31. The highest BCUT2D eigenvalue weighted by atomic mass is 32.2.